The number of rotatable bonds is 3. The van der Waals surface area contributed by atoms with Gasteiger partial charge in [-0.25, -0.2) is 0 Å². The minimum absolute atomic E-state index is 0.284. The average Bonchev–Trinajstić information content (AvgIpc) is 2.39. The predicted molar refractivity (Wildman–Crippen MR) is 85.5 cm³/mol. The van der Waals surface area contributed by atoms with Crippen molar-refractivity contribution in [3.63, 3.8) is 0 Å². The van der Waals surface area contributed by atoms with Crippen molar-refractivity contribution in [1.82, 2.24) is 4.90 Å². The van der Waals surface area contributed by atoms with Gasteiger partial charge >= 0.3 is 0 Å². The molecule has 2 N–H and O–H groups in total. The van der Waals surface area contributed by atoms with Crippen LogP contribution in [-0.2, 0) is 0 Å². The van der Waals surface area contributed by atoms with Gasteiger partial charge in [-0.05, 0) is 65.9 Å². The van der Waals surface area contributed by atoms with E-state index in [1.54, 1.807) is 0 Å². The number of halogens is 2. The highest BCUT2D eigenvalue weighted by atomic mass is 79.9. The number of nitrogens with zero attached hydrogens (tertiary/aromatic N) is 1. The molecule has 3 unspecified atom stereocenters. The first-order valence-electron chi connectivity index (χ1n) is 6.95. The Bertz CT molecular complexity index is 438. The van der Waals surface area contributed by atoms with E-state index >= 15 is 0 Å². The molecule has 0 aromatic heterocycles. The molecule has 1 aromatic carbocycles. The van der Waals surface area contributed by atoms with Crippen LogP contribution in [-0.4, -0.2) is 24.0 Å². The molecule has 2 nitrogen and oxygen atoms in total. The Morgan fingerprint density at radius 1 is 1.47 bits per heavy atom. The molecule has 19 heavy (non-hydrogen) atoms. The second-order valence-corrected chi connectivity index (χ2v) is 6.78. The second-order valence-electron chi connectivity index (χ2n) is 5.52. The van der Waals surface area contributed by atoms with Crippen LogP contribution in [0.3, 0.4) is 0 Å². The Hall–Kier alpha value is -0.0900. The van der Waals surface area contributed by atoms with Crippen molar-refractivity contribution in [1.29, 1.82) is 0 Å². The zero-order valence-corrected chi connectivity index (χ0v) is 13.9. The lowest BCUT2D eigenvalue weighted by Crippen LogP contribution is -2.46. The number of likely N-dealkylation sites (tertiary alicyclic amines) is 1. The van der Waals surface area contributed by atoms with Gasteiger partial charge in [-0.1, -0.05) is 24.6 Å². The molecule has 1 aromatic rings. The molecular weight excluding hydrogens is 324 g/mol. The normalized spacial score (nSPS) is 26.4. The van der Waals surface area contributed by atoms with Crippen LogP contribution < -0.4 is 5.73 Å². The van der Waals surface area contributed by atoms with Gasteiger partial charge in [-0.3, -0.25) is 4.90 Å². The van der Waals surface area contributed by atoms with Crippen LogP contribution in [0.4, 0.5) is 0 Å². The predicted octanol–water partition coefficient (Wildman–Crippen LogP) is 4.22. The topological polar surface area (TPSA) is 29.3 Å². The van der Waals surface area contributed by atoms with Crippen LogP contribution in [0.15, 0.2) is 22.7 Å². The molecule has 1 aliphatic rings. The number of nitrogens with two attached hydrogens (primary N) is 1. The summed E-state index contributed by atoms with van der Waals surface area (Å²) < 4.78 is 0.947. The van der Waals surface area contributed by atoms with Gasteiger partial charge in [0.15, 0.2) is 0 Å². The lowest BCUT2D eigenvalue weighted by atomic mass is 9.89. The maximum atomic E-state index is 6.07. The smallest absolute Gasteiger partial charge is 0.0548 e. The molecule has 0 spiro atoms. The fourth-order valence-corrected chi connectivity index (χ4v) is 3.50. The van der Waals surface area contributed by atoms with E-state index in [1.165, 1.54) is 18.4 Å². The maximum absolute atomic E-state index is 6.07. The molecule has 4 heteroatoms. The lowest BCUT2D eigenvalue weighted by Gasteiger charge is -2.42. The average molecular weight is 346 g/mol. The molecule has 0 amide bonds. The summed E-state index contributed by atoms with van der Waals surface area (Å²) in [5, 5.41) is 0.750. The van der Waals surface area contributed by atoms with Crippen LogP contribution in [0.5, 0.6) is 0 Å². The summed E-state index contributed by atoms with van der Waals surface area (Å²) >= 11 is 9.58. The summed E-state index contributed by atoms with van der Waals surface area (Å²) in [5.74, 6) is 0.735. The Morgan fingerprint density at radius 3 is 2.84 bits per heavy atom. The zero-order valence-electron chi connectivity index (χ0n) is 11.6. The fraction of sp³-hybridized carbons (Fsp3) is 0.600. The molecule has 0 saturated carbocycles. The van der Waals surface area contributed by atoms with E-state index in [-0.39, 0.29) is 6.04 Å². The van der Waals surface area contributed by atoms with Gasteiger partial charge in [0.1, 0.15) is 0 Å². The SMILES string of the molecule is CC1CCCN(C(CN)c2ccc(Cl)c(Br)c2)C1C. The van der Waals surface area contributed by atoms with Crippen LogP contribution in [0.2, 0.25) is 5.02 Å². The quantitative estimate of drug-likeness (QED) is 0.888. The highest BCUT2D eigenvalue weighted by Gasteiger charge is 2.30. The van der Waals surface area contributed by atoms with Crippen LogP contribution in [0.25, 0.3) is 0 Å². The molecule has 3 atom stereocenters. The van der Waals surface area contributed by atoms with E-state index in [0.717, 1.165) is 22.0 Å². The largest absolute Gasteiger partial charge is 0.329 e. The third kappa shape index (κ3) is 3.33. The van der Waals surface area contributed by atoms with Crippen molar-refractivity contribution in [2.45, 2.75) is 38.8 Å². The van der Waals surface area contributed by atoms with Crippen molar-refractivity contribution in [2.24, 2.45) is 11.7 Å². The zero-order chi connectivity index (χ0) is 14.0. The van der Waals surface area contributed by atoms with E-state index in [9.17, 15) is 0 Å². The van der Waals surface area contributed by atoms with Gasteiger partial charge in [-0.2, -0.15) is 0 Å². The number of hydrogen-bond acceptors (Lipinski definition) is 2. The summed E-state index contributed by atoms with van der Waals surface area (Å²) in [7, 11) is 0. The highest BCUT2D eigenvalue weighted by Crippen LogP contribution is 2.33. The minimum atomic E-state index is 0.284. The first-order chi connectivity index (χ1) is 9.04. The summed E-state index contributed by atoms with van der Waals surface area (Å²) in [6.45, 7) is 6.43. The first-order valence-corrected chi connectivity index (χ1v) is 8.12. The monoisotopic (exact) mass is 344 g/mol. The number of benzene rings is 1. The van der Waals surface area contributed by atoms with E-state index in [2.05, 4.69) is 46.8 Å². The number of hydrogen-bond donors (Lipinski definition) is 1. The number of piperidine rings is 1. The van der Waals surface area contributed by atoms with E-state index < -0.39 is 0 Å². The first kappa shape index (κ1) is 15.3. The molecule has 106 valence electrons. The van der Waals surface area contributed by atoms with Crippen molar-refractivity contribution < 1.29 is 0 Å². The Morgan fingerprint density at radius 2 is 2.21 bits per heavy atom. The van der Waals surface area contributed by atoms with Crippen LogP contribution >= 0.6 is 27.5 Å². The second kappa shape index (κ2) is 6.57. The van der Waals surface area contributed by atoms with Crippen LogP contribution in [0, 0.1) is 5.92 Å². The third-order valence-electron chi connectivity index (χ3n) is 4.37. The molecule has 1 fully saturated rings. The molecule has 0 aliphatic carbocycles. The molecule has 2 rings (SSSR count). The molecule has 0 bridgehead atoms. The highest BCUT2D eigenvalue weighted by molar-refractivity contribution is 9.10. The molecular formula is C15H22BrClN2. The molecule has 1 aliphatic heterocycles. The van der Waals surface area contributed by atoms with Crippen molar-refractivity contribution >= 4 is 27.5 Å². The van der Waals surface area contributed by atoms with Gasteiger partial charge in [0.05, 0.1) is 5.02 Å². The maximum Gasteiger partial charge on any atom is 0.0548 e. The van der Waals surface area contributed by atoms with Gasteiger partial charge in [0.25, 0.3) is 0 Å². The van der Waals surface area contributed by atoms with Crippen molar-refractivity contribution in [2.75, 3.05) is 13.1 Å². The van der Waals surface area contributed by atoms with E-state index in [1.807, 2.05) is 6.07 Å². The molecule has 1 heterocycles. The Labute approximate surface area is 129 Å². The molecule has 0 radical (unpaired) electrons. The summed E-state index contributed by atoms with van der Waals surface area (Å²) in [5.41, 5.74) is 7.29. The molecule has 1 saturated heterocycles. The Balaban J connectivity index is 2.25. The van der Waals surface area contributed by atoms with Crippen molar-refractivity contribution in [3.8, 4) is 0 Å². The fourth-order valence-electron chi connectivity index (χ4n) is 2.99. The Kier molecular flexibility index (Phi) is 5.29. The van der Waals surface area contributed by atoms with Gasteiger partial charge in [0, 0.05) is 23.1 Å². The van der Waals surface area contributed by atoms with Gasteiger partial charge < -0.3 is 5.73 Å². The summed E-state index contributed by atoms with van der Waals surface area (Å²) in [4.78, 5) is 2.55. The van der Waals surface area contributed by atoms with E-state index in [0.29, 0.717) is 12.6 Å². The van der Waals surface area contributed by atoms with Gasteiger partial charge in [-0.15, -0.1) is 0 Å². The van der Waals surface area contributed by atoms with Crippen LogP contribution in [0.1, 0.15) is 38.3 Å². The van der Waals surface area contributed by atoms with Gasteiger partial charge in [0.2, 0.25) is 0 Å². The lowest BCUT2D eigenvalue weighted by molar-refractivity contribution is 0.0709. The standard InChI is InChI=1S/C15H22BrClN2/c1-10-4-3-7-19(11(10)2)15(9-18)12-5-6-14(17)13(16)8-12/h5-6,8,10-11,15H,3-4,7,9,18H2,1-2H3. The van der Waals surface area contributed by atoms with E-state index in [4.69, 9.17) is 17.3 Å². The summed E-state index contributed by atoms with van der Waals surface area (Å²) in [6.07, 6.45) is 2.58. The third-order valence-corrected chi connectivity index (χ3v) is 5.59. The van der Waals surface area contributed by atoms with Crippen molar-refractivity contribution in [3.05, 3.63) is 33.3 Å². The summed E-state index contributed by atoms with van der Waals surface area (Å²) in [6, 6.07) is 7.01. The minimum Gasteiger partial charge on any atom is -0.329 e.